The smallest absolute Gasteiger partial charge is 0.262 e. The van der Waals surface area contributed by atoms with E-state index in [2.05, 4.69) is 31.5 Å². The fourth-order valence-corrected chi connectivity index (χ4v) is 2.81. The minimum atomic E-state index is -0.766. The highest BCUT2D eigenvalue weighted by Crippen LogP contribution is 2.21. The first-order valence-corrected chi connectivity index (χ1v) is 7.62. The number of pyridine rings is 1. The number of nitrogens with one attached hydrogen (secondary N) is 3. The molecule has 0 aliphatic rings. The highest BCUT2D eigenvalue weighted by atomic mass is 79.9. The van der Waals surface area contributed by atoms with E-state index in [0.717, 1.165) is 3.79 Å². The minimum absolute atomic E-state index is 0.141. The molecular formula is C13H12BrN3O3S. The molecule has 1 atom stereocenters. The van der Waals surface area contributed by atoms with Crippen molar-refractivity contribution in [3.05, 3.63) is 49.5 Å². The monoisotopic (exact) mass is 369 g/mol. The van der Waals surface area contributed by atoms with Crippen LogP contribution < -0.4 is 16.1 Å². The fraction of sp³-hybridized carbons (Fsp3) is 0.154. The summed E-state index contributed by atoms with van der Waals surface area (Å²) in [6.45, 7) is 1.55. The summed E-state index contributed by atoms with van der Waals surface area (Å²) in [6.07, 6.45) is 2.86. The van der Waals surface area contributed by atoms with Gasteiger partial charge in [0.25, 0.3) is 5.91 Å². The number of aromatic amines is 1. The molecule has 2 amide bonds. The molecule has 2 aromatic rings. The van der Waals surface area contributed by atoms with Crippen molar-refractivity contribution in [2.24, 2.45) is 0 Å². The molecule has 0 bridgehead atoms. The van der Waals surface area contributed by atoms with Crippen LogP contribution >= 0.6 is 27.3 Å². The molecule has 0 saturated carbocycles. The maximum absolute atomic E-state index is 12.0. The van der Waals surface area contributed by atoms with Gasteiger partial charge in [0, 0.05) is 18.5 Å². The SMILES string of the molecule is CC(NC(=O)c1ccc(Br)s1)C(=O)Nc1c[nH]ccc1=O. The molecule has 1 unspecified atom stereocenters. The van der Waals surface area contributed by atoms with Gasteiger partial charge in [0.2, 0.25) is 11.3 Å². The largest absolute Gasteiger partial charge is 0.366 e. The summed E-state index contributed by atoms with van der Waals surface area (Å²) in [6, 6.07) is 3.96. The number of thiophene rings is 1. The first kappa shape index (κ1) is 15.5. The number of H-pyrrole nitrogens is 1. The number of aromatic nitrogens is 1. The van der Waals surface area contributed by atoms with Gasteiger partial charge in [-0.05, 0) is 35.0 Å². The molecule has 0 saturated heterocycles. The molecule has 0 aliphatic heterocycles. The molecule has 6 nitrogen and oxygen atoms in total. The number of amides is 2. The molecule has 2 aromatic heterocycles. The van der Waals surface area contributed by atoms with Crippen LogP contribution in [-0.4, -0.2) is 22.8 Å². The Labute approximate surface area is 132 Å². The molecular weight excluding hydrogens is 358 g/mol. The summed E-state index contributed by atoms with van der Waals surface area (Å²) < 4.78 is 0.834. The first-order valence-electron chi connectivity index (χ1n) is 6.01. The second-order valence-corrected chi connectivity index (χ2v) is 6.67. The van der Waals surface area contributed by atoms with Gasteiger partial charge in [-0.25, -0.2) is 0 Å². The summed E-state index contributed by atoms with van der Waals surface area (Å²) in [4.78, 5) is 38.6. The zero-order valence-corrected chi connectivity index (χ0v) is 13.4. The molecule has 110 valence electrons. The van der Waals surface area contributed by atoms with Crippen molar-refractivity contribution >= 4 is 44.8 Å². The van der Waals surface area contributed by atoms with E-state index in [1.807, 2.05) is 0 Å². The molecule has 0 spiro atoms. The second kappa shape index (κ2) is 6.68. The zero-order valence-electron chi connectivity index (χ0n) is 11.0. The quantitative estimate of drug-likeness (QED) is 0.769. The predicted molar refractivity (Wildman–Crippen MR) is 84.6 cm³/mol. The molecule has 0 aliphatic carbocycles. The number of rotatable bonds is 4. The minimum Gasteiger partial charge on any atom is -0.366 e. The fourth-order valence-electron chi connectivity index (χ4n) is 1.52. The van der Waals surface area contributed by atoms with E-state index in [4.69, 9.17) is 0 Å². The van der Waals surface area contributed by atoms with Gasteiger partial charge < -0.3 is 15.6 Å². The Morgan fingerprint density at radius 2 is 2.10 bits per heavy atom. The highest BCUT2D eigenvalue weighted by Gasteiger charge is 2.18. The number of carbonyl (C=O) groups is 2. The maximum atomic E-state index is 12.0. The molecule has 0 fully saturated rings. The summed E-state index contributed by atoms with van der Waals surface area (Å²) in [5.41, 5.74) is -0.162. The summed E-state index contributed by atoms with van der Waals surface area (Å²) in [5, 5.41) is 5.04. The Balaban J connectivity index is 1.98. The third-order valence-corrected chi connectivity index (χ3v) is 4.24. The number of hydrogen-bond acceptors (Lipinski definition) is 4. The number of carbonyl (C=O) groups excluding carboxylic acids is 2. The lowest BCUT2D eigenvalue weighted by atomic mass is 10.3. The van der Waals surface area contributed by atoms with Gasteiger partial charge >= 0.3 is 0 Å². The van der Waals surface area contributed by atoms with Crippen LogP contribution in [0.15, 0.2) is 39.2 Å². The van der Waals surface area contributed by atoms with Crippen LogP contribution in [0.25, 0.3) is 0 Å². The van der Waals surface area contributed by atoms with Crippen LogP contribution in [-0.2, 0) is 4.79 Å². The lowest BCUT2D eigenvalue weighted by molar-refractivity contribution is -0.117. The standard InChI is InChI=1S/C13H12BrN3O3S/c1-7(16-13(20)10-2-3-11(14)21-10)12(19)17-8-6-15-5-4-9(8)18/h2-7H,1H3,(H,15,18)(H,16,20)(H,17,19). The summed E-state index contributed by atoms with van der Waals surface area (Å²) in [7, 11) is 0. The molecule has 0 radical (unpaired) electrons. The molecule has 21 heavy (non-hydrogen) atoms. The van der Waals surface area contributed by atoms with Crippen molar-refractivity contribution in [1.29, 1.82) is 0 Å². The Kier molecular flexibility index (Phi) is 4.92. The maximum Gasteiger partial charge on any atom is 0.262 e. The van der Waals surface area contributed by atoms with E-state index in [9.17, 15) is 14.4 Å². The molecule has 2 heterocycles. The van der Waals surface area contributed by atoms with E-state index in [1.54, 1.807) is 19.1 Å². The van der Waals surface area contributed by atoms with Gasteiger partial charge in [-0.1, -0.05) is 0 Å². The Hall–Kier alpha value is -1.93. The molecule has 2 rings (SSSR count). The Morgan fingerprint density at radius 3 is 2.71 bits per heavy atom. The predicted octanol–water partition coefficient (Wildman–Crippen LogP) is 1.96. The summed E-state index contributed by atoms with van der Waals surface area (Å²) >= 11 is 4.54. The highest BCUT2D eigenvalue weighted by molar-refractivity contribution is 9.11. The summed E-state index contributed by atoms with van der Waals surface area (Å²) in [5.74, 6) is -0.800. The average molecular weight is 370 g/mol. The van der Waals surface area contributed by atoms with Crippen LogP contribution in [0.4, 0.5) is 5.69 Å². The van der Waals surface area contributed by atoms with Crippen molar-refractivity contribution in [3.8, 4) is 0 Å². The first-order chi connectivity index (χ1) is 9.97. The van der Waals surface area contributed by atoms with Gasteiger partial charge in [0.05, 0.1) is 8.66 Å². The van der Waals surface area contributed by atoms with Crippen LogP contribution in [0.1, 0.15) is 16.6 Å². The van der Waals surface area contributed by atoms with E-state index in [-0.39, 0.29) is 17.0 Å². The van der Waals surface area contributed by atoms with Crippen LogP contribution in [0.2, 0.25) is 0 Å². The lowest BCUT2D eigenvalue weighted by Crippen LogP contribution is -2.42. The van der Waals surface area contributed by atoms with Crippen molar-refractivity contribution in [3.63, 3.8) is 0 Å². The van der Waals surface area contributed by atoms with E-state index in [1.165, 1.54) is 29.8 Å². The normalized spacial score (nSPS) is 11.7. The number of anilines is 1. The number of hydrogen-bond donors (Lipinski definition) is 3. The van der Waals surface area contributed by atoms with Gasteiger partial charge in [0.1, 0.15) is 11.7 Å². The third kappa shape index (κ3) is 4.02. The van der Waals surface area contributed by atoms with Crippen LogP contribution in [0.3, 0.4) is 0 Å². The zero-order chi connectivity index (χ0) is 15.4. The van der Waals surface area contributed by atoms with Crippen molar-refractivity contribution in [2.45, 2.75) is 13.0 Å². The lowest BCUT2D eigenvalue weighted by Gasteiger charge is -2.13. The van der Waals surface area contributed by atoms with Crippen LogP contribution in [0.5, 0.6) is 0 Å². The van der Waals surface area contributed by atoms with Crippen molar-refractivity contribution < 1.29 is 9.59 Å². The number of halogens is 1. The van der Waals surface area contributed by atoms with Gasteiger partial charge in [-0.2, -0.15) is 0 Å². The molecule has 3 N–H and O–H groups in total. The van der Waals surface area contributed by atoms with E-state index >= 15 is 0 Å². The van der Waals surface area contributed by atoms with Crippen molar-refractivity contribution in [2.75, 3.05) is 5.32 Å². The van der Waals surface area contributed by atoms with Crippen molar-refractivity contribution in [1.82, 2.24) is 10.3 Å². The second-order valence-electron chi connectivity index (χ2n) is 4.21. The molecule has 0 aromatic carbocycles. The average Bonchev–Trinajstić information content (AvgIpc) is 2.88. The van der Waals surface area contributed by atoms with E-state index in [0.29, 0.717) is 4.88 Å². The Morgan fingerprint density at radius 1 is 1.33 bits per heavy atom. The molecule has 8 heteroatoms. The van der Waals surface area contributed by atoms with Gasteiger partial charge in [-0.3, -0.25) is 14.4 Å². The van der Waals surface area contributed by atoms with Gasteiger partial charge in [0.15, 0.2) is 0 Å². The van der Waals surface area contributed by atoms with Gasteiger partial charge in [-0.15, -0.1) is 11.3 Å². The van der Waals surface area contributed by atoms with E-state index < -0.39 is 11.9 Å². The van der Waals surface area contributed by atoms with Crippen LogP contribution in [0, 0.1) is 0 Å². The third-order valence-electron chi connectivity index (χ3n) is 2.62. The topological polar surface area (TPSA) is 91.1 Å². The Bertz CT molecular complexity index is 725.